The van der Waals surface area contributed by atoms with Crippen LogP contribution in [0.5, 0.6) is 0 Å². The minimum Gasteiger partial charge on any atom is -0.332 e. The Morgan fingerprint density at radius 2 is 1.67 bits per heavy atom. The Labute approximate surface area is 288 Å². The number of allylic oxidation sites excluding steroid dienone is 2. The van der Waals surface area contributed by atoms with Gasteiger partial charge in [-0.2, -0.15) is 0 Å². The summed E-state index contributed by atoms with van der Waals surface area (Å²) in [6.07, 6.45) is 11.4. The largest absolute Gasteiger partial charge is 0.332 e. The summed E-state index contributed by atoms with van der Waals surface area (Å²) in [7, 11) is 0. The van der Waals surface area contributed by atoms with Crippen molar-refractivity contribution in [3.8, 4) is 11.1 Å². The van der Waals surface area contributed by atoms with Crippen molar-refractivity contribution in [2.24, 2.45) is 11.3 Å². The molecule has 0 saturated heterocycles. The zero-order valence-corrected chi connectivity index (χ0v) is 29.3. The van der Waals surface area contributed by atoms with Gasteiger partial charge in [0.1, 0.15) is 0 Å². The number of aromatic nitrogens is 1. The highest BCUT2D eigenvalue weighted by molar-refractivity contribution is 7.26. The Balaban J connectivity index is 1.23. The lowest BCUT2D eigenvalue weighted by Crippen LogP contribution is -2.35. The molecule has 4 atom stereocenters. The van der Waals surface area contributed by atoms with Gasteiger partial charge in [0.15, 0.2) is 0 Å². The molecule has 0 fully saturated rings. The summed E-state index contributed by atoms with van der Waals surface area (Å²) in [4.78, 5) is 7.35. The van der Waals surface area contributed by atoms with E-state index in [-0.39, 0.29) is 23.3 Å². The average Bonchev–Trinajstić information content (AvgIpc) is 3.67. The van der Waals surface area contributed by atoms with Crippen molar-refractivity contribution in [3.63, 3.8) is 0 Å². The number of rotatable bonds is 7. The molecule has 2 aromatic heterocycles. The van der Waals surface area contributed by atoms with E-state index >= 15 is 0 Å². The Morgan fingerprint density at radius 3 is 2.50 bits per heavy atom. The fourth-order valence-corrected chi connectivity index (χ4v) is 9.54. The summed E-state index contributed by atoms with van der Waals surface area (Å²) < 4.78 is 2.54. The van der Waals surface area contributed by atoms with Gasteiger partial charge < -0.3 is 4.90 Å². The zero-order valence-electron chi connectivity index (χ0n) is 28.4. The van der Waals surface area contributed by atoms with E-state index in [4.69, 9.17) is 4.98 Å². The van der Waals surface area contributed by atoms with Gasteiger partial charge in [0.05, 0.1) is 26.6 Å². The first-order valence-electron chi connectivity index (χ1n) is 17.2. The van der Waals surface area contributed by atoms with Crippen molar-refractivity contribution in [3.05, 3.63) is 156 Å². The summed E-state index contributed by atoms with van der Waals surface area (Å²) >= 11 is 1.85. The first-order valence-corrected chi connectivity index (χ1v) is 18.0. The third-order valence-electron chi connectivity index (χ3n) is 11.5. The zero-order chi connectivity index (χ0) is 33.2. The molecule has 238 valence electrons. The van der Waals surface area contributed by atoms with Gasteiger partial charge in [-0.15, -0.1) is 11.3 Å². The number of para-hydroxylation sites is 1. The second-order valence-corrected chi connectivity index (χ2v) is 15.1. The molecule has 8 rings (SSSR count). The predicted molar refractivity (Wildman–Crippen MR) is 208 cm³/mol. The molecule has 1 aliphatic carbocycles. The molecule has 3 heteroatoms. The van der Waals surface area contributed by atoms with Crippen molar-refractivity contribution in [2.75, 3.05) is 4.90 Å². The molecule has 48 heavy (non-hydrogen) atoms. The molecule has 2 aliphatic rings. The Morgan fingerprint density at radius 1 is 0.875 bits per heavy atom. The quantitative estimate of drug-likeness (QED) is 0.172. The van der Waals surface area contributed by atoms with Crippen LogP contribution >= 0.6 is 11.3 Å². The van der Waals surface area contributed by atoms with Crippen molar-refractivity contribution in [1.29, 1.82) is 0 Å². The lowest BCUT2D eigenvalue weighted by atomic mass is 9.60. The topological polar surface area (TPSA) is 16.1 Å². The molecule has 3 unspecified atom stereocenters. The standard InChI is InChI=1S/C45H42N2S/c1-7-31-22-21-29(4)37(26-31)34-15-9-8-14-33(34)30(5)45(6,28(2)3)32-23-24-40-38(27-32)35-16-10-11-18-39(35)47(40)41-19-12-17-36-43-42(48-44(36)41)20-13-25-46-43/h7-28,30,38,40H,1H2,2-6H3/t30-,38?,40?,45?/m1/s1. The fourth-order valence-electron chi connectivity index (χ4n) is 8.37. The normalized spacial score (nSPS) is 18.9. The van der Waals surface area contributed by atoms with Crippen LogP contribution in [0.25, 0.3) is 37.5 Å². The first kappa shape index (κ1) is 30.6. The van der Waals surface area contributed by atoms with Crippen LogP contribution in [0, 0.1) is 18.3 Å². The molecule has 0 saturated carbocycles. The molecular weight excluding hydrogens is 601 g/mol. The van der Waals surface area contributed by atoms with E-state index in [9.17, 15) is 0 Å². The molecule has 0 radical (unpaired) electrons. The Bertz CT molecular complexity index is 2270. The van der Waals surface area contributed by atoms with Crippen LogP contribution in [0.3, 0.4) is 0 Å². The highest BCUT2D eigenvalue weighted by Gasteiger charge is 2.44. The van der Waals surface area contributed by atoms with E-state index in [2.05, 4.69) is 155 Å². The molecule has 0 spiro atoms. The van der Waals surface area contributed by atoms with Crippen LogP contribution < -0.4 is 4.90 Å². The number of anilines is 2. The number of hydrogen-bond acceptors (Lipinski definition) is 3. The van der Waals surface area contributed by atoms with E-state index in [1.54, 1.807) is 0 Å². The van der Waals surface area contributed by atoms with E-state index < -0.39 is 0 Å². The lowest BCUT2D eigenvalue weighted by Gasteiger charge is -2.44. The Hall–Kier alpha value is -4.73. The molecule has 0 N–H and O–H groups in total. The van der Waals surface area contributed by atoms with Crippen molar-refractivity contribution < 1.29 is 0 Å². The molecule has 4 aromatic carbocycles. The average molecular weight is 643 g/mol. The SMILES string of the molecule is C=Cc1ccc(C)c(-c2ccccc2[C@@H](C)C(C)(C2=CC3c4ccccc4N(c4cccc5c4sc4cccnc45)C3C=C2)C(C)C)c1. The maximum atomic E-state index is 4.76. The van der Waals surface area contributed by atoms with Gasteiger partial charge in [0, 0.05) is 28.6 Å². The highest BCUT2D eigenvalue weighted by Crippen LogP contribution is 2.56. The number of pyridine rings is 1. The second-order valence-electron chi connectivity index (χ2n) is 14.1. The van der Waals surface area contributed by atoms with Gasteiger partial charge in [0.2, 0.25) is 0 Å². The number of thiophene rings is 1. The summed E-state index contributed by atoms with van der Waals surface area (Å²) in [5, 5.41) is 1.23. The molecular formula is C45H42N2S. The van der Waals surface area contributed by atoms with Gasteiger partial charge in [-0.05, 0) is 88.0 Å². The summed E-state index contributed by atoms with van der Waals surface area (Å²) in [6.45, 7) is 16.0. The van der Waals surface area contributed by atoms with Gasteiger partial charge >= 0.3 is 0 Å². The number of aryl methyl sites for hydroxylation is 1. The van der Waals surface area contributed by atoms with E-state index in [1.807, 2.05) is 29.7 Å². The molecule has 0 bridgehead atoms. The minimum atomic E-state index is -0.0962. The van der Waals surface area contributed by atoms with Crippen molar-refractivity contribution in [1.82, 2.24) is 4.98 Å². The number of hydrogen-bond donors (Lipinski definition) is 0. The molecule has 3 heterocycles. The monoisotopic (exact) mass is 642 g/mol. The third kappa shape index (κ3) is 4.63. The highest BCUT2D eigenvalue weighted by atomic mass is 32.1. The van der Waals surface area contributed by atoms with Crippen LogP contribution in [-0.2, 0) is 0 Å². The number of nitrogens with zero attached hydrogens (tertiary/aromatic N) is 2. The summed E-state index contributed by atoms with van der Waals surface area (Å²) in [6, 6.07) is 35.9. The lowest BCUT2D eigenvalue weighted by molar-refractivity contribution is 0.232. The van der Waals surface area contributed by atoms with E-state index in [0.29, 0.717) is 5.92 Å². The summed E-state index contributed by atoms with van der Waals surface area (Å²) in [5.41, 5.74) is 12.8. The molecule has 2 nitrogen and oxygen atoms in total. The van der Waals surface area contributed by atoms with Crippen LogP contribution in [0.15, 0.2) is 134 Å². The van der Waals surface area contributed by atoms with Gasteiger partial charge in [0.25, 0.3) is 0 Å². The van der Waals surface area contributed by atoms with Gasteiger partial charge in [-0.1, -0.05) is 125 Å². The van der Waals surface area contributed by atoms with Crippen LogP contribution in [0.2, 0.25) is 0 Å². The van der Waals surface area contributed by atoms with Crippen LogP contribution in [0.1, 0.15) is 61.8 Å². The first-order chi connectivity index (χ1) is 23.3. The van der Waals surface area contributed by atoms with Crippen molar-refractivity contribution >= 4 is 49.1 Å². The molecule has 6 aromatic rings. The Kier molecular flexibility index (Phi) is 7.49. The molecule has 0 amide bonds. The van der Waals surface area contributed by atoms with E-state index in [0.717, 1.165) is 11.1 Å². The smallest absolute Gasteiger partial charge is 0.0889 e. The summed E-state index contributed by atoms with van der Waals surface area (Å²) in [5.74, 6) is 0.956. The molecule has 1 aliphatic heterocycles. The van der Waals surface area contributed by atoms with Gasteiger partial charge in [-0.3, -0.25) is 4.98 Å². The third-order valence-corrected chi connectivity index (χ3v) is 12.7. The number of fused-ring (bicyclic) bond motifs is 6. The van der Waals surface area contributed by atoms with Crippen LogP contribution in [0.4, 0.5) is 11.4 Å². The van der Waals surface area contributed by atoms with Crippen LogP contribution in [-0.4, -0.2) is 11.0 Å². The minimum absolute atomic E-state index is 0.0962. The van der Waals surface area contributed by atoms with Crippen molar-refractivity contribution in [2.45, 2.75) is 52.5 Å². The van der Waals surface area contributed by atoms with Gasteiger partial charge in [-0.25, -0.2) is 0 Å². The maximum Gasteiger partial charge on any atom is 0.0889 e. The second kappa shape index (κ2) is 11.8. The number of benzene rings is 4. The fraction of sp³-hybridized carbons (Fsp3) is 0.222. The maximum absolute atomic E-state index is 4.76. The predicted octanol–water partition coefficient (Wildman–Crippen LogP) is 12.6. The van der Waals surface area contributed by atoms with E-state index in [1.165, 1.54) is 59.6 Å².